The first kappa shape index (κ1) is 14.7. The summed E-state index contributed by atoms with van der Waals surface area (Å²) in [6.07, 6.45) is 0.878. The van der Waals surface area contributed by atoms with Gasteiger partial charge in [-0.1, -0.05) is 29.8 Å². The number of halogens is 1. The van der Waals surface area contributed by atoms with Crippen molar-refractivity contribution in [2.75, 3.05) is 19.4 Å². The predicted octanol–water partition coefficient (Wildman–Crippen LogP) is 3.26. The molecule has 0 aliphatic rings. The molecule has 0 atom stereocenters. The third-order valence-corrected chi connectivity index (χ3v) is 3.46. The number of methoxy groups -OCH3 is 1. The molecular formula is C16H19ClN2O. The van der Waals surface area contributed by atoms with Gasteiger partial charge in [-0.05, 0) is 48.4 Å². The van der Waals surface area contributed by atoms with E-state index < -0.39 is 0 Å². The summed E-state index contributed by atoms with van der Waals surface area (Å²) in [4.78, 5) is 0. The second kappa shape index (κ2) is 7.17. The lowest BCUT2D eigenvalue weighted by Gasteiger charge is -2.08. The van der Waals surface area contributed by atoms with Crippen molar-refractivity contribution in [1.29, 1.82) is 0 Å². The molecule has 0 saturated carbocycles. The van der Waals surface area contributed by atoms with Gasteiger partial charge in [0.05, 0.1) is 7.11 Å². The normalized spacial score (nSPS) is 10.5. The maximum Gasteiger partial charge on any atom is 0.119 e. The summed E-state index contributed by atoms with van der Waals surface area (Å²) >= 11 is 6.14. The highest BCUT2D eigenvalue weighted by Gasteiger charge is 2.01. The van der Waals surface area contributed by atoms with Crippen LogP contribution in [-0.2, 0) is 13.0 Å². The van der Waals surface area contributed by atoms with Crippen LogP contribution >= 0.6 is 11.6 Å². The van der Waals surface area contributed by atoms with Gasteiger partial charge >= 0.3 is 0 Å². The fourth-order valence-electron chi connectivity index (χ4n) is 2.00. The lowest BCUT2D eigenvalue weighted by atomic mass is 10.1. The van der Waals surface area contributed by atoms with E-state index in [1.807, 2.05) is 30.3 Å². The average Bonchev–Trinajstić information content (AvgIpc) is 2.45. The number of hydrogen-bond acceptors (Lipinski definition) is 3. The summed E-state index contributed by atoms with van der Waals surface area (Å²) in [6, 6.07) is 13.7. The Bertz CT molecular complexity index is 572. The Morgan fingerprint density at radius 2 is 2.05 bits per heavy atom. The van der Waals surface area contributed by atoms with Gasteiger partial charge in [-0.2, -0.15) is 0 Å². The third-order valence-electron chi connectivity index (χ3n) is 3.11. The number of nitrogen functional groups attached to an aromatic ring is 1. The van der Waals surface area contributed by atoms with Crippen molar-refractivity contribution in [1.82, 2.24) is 5.32 Å². The van der Waals surface area contributed by atoms with Gasteiger partial charge in [-0.25, -0.2) is 0 Å². The molecule has 0 aliphatic carbocycles. The van der Waals surface area contributed by atoms with Crippen LogP contribution in [-0.4, -0.2) is 13.7 Å². The minimum Gasteiger partial charge on any atom is -0.497 e. The molecule has 0 spiro atoms. The number of hydrogen-bond donors (Lipinski definition) is 2. The Morgan fingerprint density at radius 3 is 2.80 bits per heavy atom. The zero-order valence-electron chi connectivity index (χ0n) is 11.5. The Labute approximate surface area is 124 Å². The molecule has 0 saturated heterocycles. The molecule has 0 heterocycles. The van der Waals surface area contributed by atoms with Crippen LogP contribution in [0.15, 0.2) is 42.5 Å². The maximum absolute atomic E-state index is 6.14. The average molecular weight is 291 g/mol. The summed E-state index contributed by atoms with van der Waals surface area (Å²) in [7, 11) is 1.68. The van der Waals surface area contributed by atoms with E-state index in [1.165, 1.54) is 5.56 Å². The summed E-state index contributed by atoms with van der Waals surface area (Å²) < 4.78 is 5.20. The Balaban J connectivity index is 1.81. The highest BCUT2D eigenvalue weighted by atomic mass is 35.5. The van der Waals surface area contributed by atoms with Crippen LogP contribution in [0.1, 0.15) is 11.1 Å². The molecule has 0 bridgehead atoms. The van der Waals surface area contributed by atoms with Crippen molar-refractivity contribution in [3.8, 4) is 5.75 Å². The van der Waals surface area contributed by atoms with Crippen LogP contribution in [0.25, 0.3) is 0 Å². The smallest absolute Gasteiger partial charge is 0.119 e. The van der Waals surface area contributed by atoms with Crippen molar-refractivity contribution in [3.05, 3.63) is 58.6 Å². The van der Waals surface area contributed by atoms with Crippen LogP contribution in [0, 0.1) is 0 Å². The molecule has 0 unspecified atom stereocenters. The van der Waals surface area contributed by atoms with Crippen LogP contribution in [0.2, 0.25) is 5.02 Å². The first-order valence-corrected chi connectivity index (χ1v) is 6.94. The van der Waals surface area contributed by atoms with Gasteiger partial charge in [0, 0.05) is 17.3 Å². The van der Waals surface area contributed by atoms with Gasteiger partial charge in [-0.3, -0.25) is 0 Å². The molecule has 0 amide bonds. The molecule has 106 valence electrons. The van der Waals surface area contributed by atoms with Gasteiger partial charge in [0.1, 0.15) is 5.75 Å². The third kappa shape index (κ3) is 4.15. The summed E-state index contributed by atoms with van der Waals surface area (Å²) in [5, 5.41) is 4.13. The van der Waals surface area contributed by atoms with Crippen molar-refractivity contribution in [2.45, 2.75) is 13.0 Å². The van der Waals surface area contributed by atoms with Crippen molar-refractivity contribution < 1.29 is 4.74 Å². The van der Waals surface area contributed by atoms with E-state index in [-0.39, 0.29) is 0 Å². The van der Waals surface area contributed by atoms with E-state index in [4.69, 9.17) is 22.1 Å². The maximum atomic E-state index is 6.14. The summed E-state index contributed by atoms with van der Waals surface area (Å²) in [6.45, 7) is 1.67. The number of benzene rings is 2. The summed E-state index contributed by atoms with van der Waals surface area (Å²) in [5.41, 5.74) is 8.68. The Hall–Kier alpha value is -1.71. The molecule has 20 heavy (non-hydrogen) atoms. The number of nitrogens with one attached hydrogen (secondary N) is 1. The predicted molar refractivity (Wildman–Crippen MR) is 84.3 cm³/mol. The van der Waals surface area contributed by atoms with Gasteiger partial charge < -0.3 is 15.8 Å². The van der Waals surface area contributed by atoms with Gasteiger partial charge in [0.2, 0.25) is 0 Å². The van der Waals surface area contributed by atoms with Crippen molar-refractivity contribution in [3.63, 3.8) is 0 Å². The molecule has 3 N–H and O–H groups in total. The van der Waals surface area contributed by atoms with Crippen molar-refractivity contribution >= 4 is 17.3 Å². The van der Waals surface area contributed by atoms with E-state index in [1.54, 1.807) is 13.2 Å². The second-order valence-electron chi connectivity index (χ2n) is 4.63. The molecule has 3 nitrogen and oxygen atoms in total. The largest absolute Gasteiger partial charge is 0.497 e. The highest BCUT2D eigenvalue weighted by molar-refractivity contribution is 6.31. The molecule has 2 aromatic carbocycles. The van der Waals surface area contributed by atoms with Gasteiger partial charge in [-0.15, -0.1) is 0 Å². The first-order valence-electron chi connectivity index (χ1n) is 6.56. The lowest BCUT2D eigenvalue weighted by molar-refractivity contribution is 0.414. The Morgan fingerprint density at radius 1 is 1.20 bits per heavy atom. The van der Waals surface area contributed by atoms with E-state index in [2.05, 4.69) is 11.4 Å². The number of nitrogens with two attached hydrogens (primary N) is 1. The molecule has 0 aliphatic heterocycles. The second-order valence-corrected chi connectivity index (χ2v) is 5.04. The van der Waals surface area contributed by atoms with E-state index in [0.29, 0.717) is 5.69 Å². The monoisotopic (exact) mass is 290 g/mol. The van der Waals surface area contributed by atoms with Crippen LogP contribution < -0.4 is 15.8 Å². The number of rotatable bonds is 6. The molecule has 2 rings (SSSR count). The van der Waals surface area contributed by atoms with Crippen LogP contribution in [0.4, 0.5) is 5.69 Å². The summed E-state index contributed by atoms with van der Waals surface area (Å²) in [5.74, 6) is 0.880. The minimum absolute atomic E-state index is 0.697. The topological polar surface area (TPSA) is 47.3 Å². The van der Waals surface area contributed by atoms with Crippen LogP contribution in [0.5, 0.6) is 5.75 Å². The molecule has 0 fully saturated rings. The fourth-order valence-corrected chi connectivity index (χ4v) is 2.29. The van der Waals surface area contributed by atoms with E-state index in [9.17, 15) is 0 Å². The molecule has 4 heteroatoms. The van der Waals surface area contributed by atoms with Gasteiger partial charge in [0.25, 0.3) is 0 Å². The Kier molecular flexibility index (Phi) is 5.27. The lowest BCUT2D eigenvalue weighted by Crippen LogP contribution is -2.16. The van der Waals surface area contributed by atoms with Gasteiger partial charge in [0.15, 0.2) is 0 Å². The zero-order valence-corrected chi connectivity index (χ0v) is 12.3. The zero-order chi connectivity index (χ0) is 14.4. The molecule has 0 radical (unpaired) electrons. The fraction of sp³-hybridized carbons (Fsp3) is 0.250. The number of anilines is 1. The number of ether oxygens (including phenoxy) is 1. The van der Waals surface area contributed by atoms with E-state index >= 15 is 0 Å². The van der Waals surface area contributed by atoms with Crippen molar-refractivity contribution in [2.24, 2.45) is 0 Å². The van der Waals surface area contributed by atoms with E-state index in [0.717, 1.165) is 35.8 Å². The molecular weight excluding hydrogens is 272 g/mol. The molecule has 2 aromatic rings. The first-order chi connectivity index (χ1) is 9.69. The highest BCUT2D eigenvalue weighted by Crippen LogP contribution is 2.19. The quantitative estimate of drug-likeness (QED) is 0.634. The SMILES string of the molecule is COc1cccc(CNCCc2ccc(N)cc2Cl)c1. The molecule has 0 aromatic heterocycles. The minimum atomic E-state index is 0.697. The standard InChI is InChI=1S/C16H19ClN2O/c1-20-15-4-2-3-12(9-15)11-19-8-7-13-5-6-14(18)10-16(13)17/h2-6,9-10,19H,7-8,11,18H2,1H3. The van der Waals surface area contributed by atoms with Crippen LogP contribution in [0.3, 0.4) is 0 Å².